The smallest absolute Gasteiger partial charge is 0.272 e. The molecular weight excluding hydrogens is 1580 g/mol. The fourth-order valence-corrected chi connectivity index (χ4v) is 26.7. The van der Waals surface area contributed by atoms with Gasteiger partial charge in [-0.3, -0.25) is 19.1 Å². The molecule has 7 unspecified atom stereocenters. The second kappa shape index (κ2) is 33.3. The first-order chi connectivity index (χ1) is 55.3. The van der Waals surface area contributed by atoms with E-state index in [1.54, 1.807) is 12.1 Å². The van der Waals surface area contributed by atoms with Crippen LogP contribution in [0.3, 0.4) is 0 Å². The van der Waals surface area contributed by atoms with Crippen LogP contribution in [0.5, 0.6) is 0 Å². The number of carbonyl (C=O) groups excluding carboxylic acids is 3. The van der Waals surface area contributed by atoms with E-state index < -0.39 is 0 Å². The van der Waals surface area contributed by atoms with Gasteiger partial charge in [0.15, 0.2) is 17.1 Å². The van der Waals surface area contributed by atoms with Crippen LogP contribution in [0.2, 0.25) is 35.2 Å². The lowest BCUT2D eigenvalue weighted by molar-refractivity contribution is -0.0120. The summed E-state index contributed by atoms with van der Waals surface area (Å²) >= 11 is 45.1. The van der Waals surface area contributed by atoms with E-state index in [0.717, 1.165) is 156 Å². The standard InChI is InChI=1S/2C32H36Cl3N3O.C32H42ClN3O/c1-31(2)21-13-14-32(3,18-21)30(31)36-29(39)27-24-10-5-4-8-20(15-19-7-6-9-22(33)16-19)28(24)38(37-27)26-12-11-23(34)17-25(26)35;1-31(2)21-14-15-32(3,18-21)30(31)36-29(39)27-24-7-5-4-6-20(16-19-8-10-22(33)11-9-19)28(24)38(37-27)26-13-12-23(34)17-25(26)35;33-28-13-7-5-8-22(28)19-23-9-4-6-12-27-30(35-36(31(23)27)26-10-2-1-3-11-26)32(37)34-29-24-15-20-14-21(17-24)18-25(29)16-20/h6-7,9,11-12,16-17,20-21,30H,4-5,8,10,13-15,18H2,1-3H3,(H,36,39);8-13,17,20-21,30H,4-7,14-16,18H2,1-3H3,(H,36,39);5,7-8,13,20-21,23-26,29H,1-4,6,9-12,14-19H2,(H,34,37)/t2*20?,21?,30-,32?;/m11./s1. The third kappa shape index (κ3) is 16.2. The van der Waals surface area contributed by atoms with Crippen molar-refractivity contribution in [3.63, 3.8) is 0 Å². The summed E-state index contributed by atoms with van der Waals surface area (Å²) in [6, 6.07) is 36.4. The van der Waals surface area contributed by atoms with Crippen molar-refractivity contribution in [2.24, 2.45) is 57.2 Å². The summed E-state index contributed by atoms with van der Waals surface area (Å²) < 4.78 is 6.21. The molecule has 3 amide bonds. The molecule has 0 aliphatic heterocycles. The van der Waals surface area contributed by atoms with Gasteiger partial charge in [0.05, 0.1) is 38.8 Å². The van der Waals surface area contributed by atoms with Gasteiger partial charge in [0.1, 0.15) is 0 Å². The van der Waals surface area contributed by atoms with Crippen molar-refractivity contribution in [2.75, 3.05) is 0 Å². The highest BCUT2D eigenvalue weighted by atomic mass is 35.5. The van der Waals surface area contributed by atoms with Crippen LogP contribution in [-0.4, -0.2) is 65.2 Å². The molecule has 3 heterocycles. The molecule has 5 aromatic carbocycles. The number of halogens is 7. The number of hydrogen-bond acceptors (Lipinski definition) is 6. The fraction of sp³-hybridized carbons (Fsp3) is 0.562. The highest BCUT2D eigenvalue weighted by molar-refractivity contribution is 6.36. The number of amides is 3. The molecule has 12 aliphatic carbocycles. The summed E-state index contributed by atoms with van der Waals surface area (Å²) in [6.45, 7) is 14.0. The number of fused-ring (bicyclic) bond motifs is 7. The first-order valence-electron chi connectivity index (χ1n) is 43.7. The number of benzene rings is 5. The summed E-state index contributed by atoms with van der Waals surface area (Å²) in [5, 5.41) is 30.4. The third-order valence-electron chi connectivity index (χ3n) is 30.6. The van der Waals surface area contributed by atoms with Crippen molar-refractivity contribution >= 4 is 98.9 Å². The molecule has 0 spiro atoms. The molecule has 9 saturated carbocycles. The summed E-state index contributed by atoms with van der Waals surface area (Å²) in [4.78, 5) is 42.3. The van der Waals surface area contributed by atoms with Crippen LogP contribution in [0.25, 0.3) is 11.4 Å². The molecule has 9 atom stereocenters. The number of nitrogens with one attached hydrogen (secondary N) is 3. The number of hydrogen-bond donors (Lipinski definition) is 3. The van der Waals surface area contributed by atoms with Gasteiger partial charge in [-0.05, 0) is 301 Å². The molecular formula is C96H114Cl7N9O3. The molecule has 610 valence electrons. The van der Waals surface area contributed by atoms with Crippen molar-refractivity contribution in [3.05, 3.63) is 212 Å². The maximum Gasteiger partial charge on any atom is 0.272 e. The van der Waals surface area contributed by atoms with E-state index >= 15 is 0 Å². The van der Waals surface area contributed by atoms with Crippen molar-refractivity contribution in [1.82, 2.24) is 45.3 Å². The van der Waals surface area contributed by atoms with Crippen LogP contribution in [0, 0.1) is 57.2 Å². The topological polar surface area (TPSA) is 141 Å². The highest BCUT2D eigenvalue weighted by Gasteiger charge is 2.61. The van der Waals surface area contributed by atoms with Crippen LogP contribution in [-0.2, 0) is 38.5 Å². The van der Waals surface area contributed by atoms with E-state index in [2.05, 4.69) is 92.5 Å². The minimum absolute atomic E-state index is 0.0610. The van der Waals surface area contributed by atoms with Gasteiger partial charge >= 0.3 is 0 Å². The Labute approximate surface area is 716 Å². The van der Waals surface area contributed by atoms with Crippen molar-refractivity contribution in [1.29, 1.82) is 0 Å². The molecule has 12 nitrogen and oxygen atoms in total. The molecule has 12 aliphatic rings. The zero-order valence-electron chi connectivity index (χ0n) is 67.9. The second-order valence-corrected chi connectivity index (χ2v) is 41.7. The van der Waals surface area contributed by atoms with Crippen molar-refractivity contribution in [2.45, 2.75) is 283 Å². The number of nitrogens with zero attached hydrogens (tertiary/aromatic N) is 6. The molecule has 3 N–H and O–H groups in total. The maximum absolute atomic E-state index is 14.1. The Hall–Kier alpha value is -5.83. The normalized spacial score (nSPS) is 29.2. The van der Waals surface area contributed by atoms with Gasteiger partial charge in [0.25, 0.3) is 17.7 Å². The summed E-state index contributed by atoms with van der Waals surface area (Å²) in [6.07, 6.45) is 35.1. The molecule has 9 fully saturated rings. The second-order valence-electron chi connectivity index (χ2n) is 38.8. The lowest BCUT2D eigenvalue weighted by atomic mass is 9.54. The van der Waals surface area contributed by atoms with E-state index in [-0.39, 0.29) is 63.3 Å². The number of carbonyl (C=O) groups is 3. The molecule has 8 bridgehead atoms. The molecule has 19 heteroatoms. The maximum atomic E-state index is 14.1. The lowest BCUT2D eigenvalue weighted by Crippen LogP contribution is -2.56. The zero-order chi connectivity index (χ0) is 80.0. The Morgan fingerprint density at radius 2 is 0.870 bits per heavy atom. The summed E-state index contributed by atoms with van der Waals surface area (Å²) in [7, 11) is 0. The predicted octanol–water partition coefficient (Wildman–Crippen LogP) is 25.3. The summed E-state index contributed by atoms with van der Waals surface area (Å²) in [5.74, 6) is 5.25. The Balaban J connectivity index is 0.000000124. The SMILES string of the molecule is CC12CCC(C1)C(C)(C)[C@H]2NC(=O)c1nn(-c2ccc(Cl)cc2Cl)c2c1CCCCC2Cc1ccc(Cl)cc1.CC12CCC(C1)C(C)(C)[C@H]2NC(=O)c1nn(-c2ccc(Cl)cc2Cl)c2c1CCCCC2Cc1cccc(Cl)c1.O=C(NC1C2CC3CC(C2)CC1C3)c1nn(C2CCCCC2)c2c1CCCCC2Cc1ccccc1Cl. The molecule has 0 saturated heterocycles. The van der Waals surface area contributed by atoms with Gasteiger partial charge in [-0.15, -0.1) is 0 Å². The number of aromatic nitrogens is 6. The van der Waals surface area contributed by atoms with Gasteiger partial charge < -0.3 is 16.0 Å². The largest absolute Gasteiger partial charge is 0.347 e. The van der Waals surface area contributed by atoms with Gasteiger partial charge in [-0.1, -0.05) is 204 Å². The van der Waals surface area contributed by atoms with E-state index in [0.29, 0.717) is 73.2 Å². The predicted molar refractivity (Wildman–Crippen MR) is 467 cm³/mol. The van der Waals surface area contributed by atoms with Crippen LogP contribution < -0.4 is 16.0 Å². The van der Waals surface area contributed by atoms with Crippen molar-refractivity contribution < 1.29 is 14.4 Å². The van der Waals surface area contributed by atoms with Crippen LogP contribution in [0.15, 0.2) is 109 Å². The average Bonchev–Trinajstić information content (AvgIpc) is 1.57. The monoisotopic (exact) mass is 1690 g/mol. The molecule has 20 rings (SSSR count). The Morgan fingerprint density at radius 3 is 1.36 bits per heavy atom. The summed E-state index contributed by atoms with van der Waals surface area (Å²) in [5.41, 5.74) is 14.3. The molecule has 115 heavy (non-hydrogen) atoms. The van der Waals surface area contributed by atoms with E-state index in [1.165, 1.54) is 137 Å². The van der Waals surface area contributed by atoms with Crippen LogP contribution in [0.1, 0.15) is 308 Å². The minimum Gasteiger partial charge on any atom is -0.347 e. The van der Waals surface area contributed by atoms with Crippen LogP contribution in [0.4, 0.5) is 0 Å². The van der Waals surface area contributed by atoms with Gasteiger partial charge in [0.2, 0.25) is 0 Å². The molecule has 8 aromatic rings. The van der Waals surface area contributed by atoms with E-state index in [4.69, 9.17) is 96.5 Å². The molecule has 0 radical (unpaired) electrons. The Kier molecular flexibility index (Phi) is 23.6. The average molecular weight is 1690 g/mol. The number of rotatable bonds is 15. The Morgan fingerprint density at radius 1 is 0.417 bits per heavy atom. The quantitative estimate of drug-likeness (QED) is 0.0873. The molecule has 3 aromatic heterocycles. The van der Waals surface area contributed by atoms with E-state index in [9.17, 15) is 14.4 Å². The first kappa shape index (κ1) is 81.5. The van der Waals surface area contributed by atoms with Crippen LogP contribution >= 0.6 is 81.2 Å². The third-order valence-corrected chi connectivity index (χ3v) is 32.5. The van der Waals surface area contributed by atoms with E-state index in [1.807, 2.05) is 76.1 Å². The zero-order valence-corrected chi connectivity index (χ0v) is 73.2. The lowest BCUT2D eigenvalue weighted by Gasteiger charge is -2.54. The highest BCUT2D eigenvalue weighted by Crippen LogP contribution is 2.64. The van der Waals surface area contributed by atoms with Gasteiger partial charge in [0, 0.05) is 83.4 Å². The Bertz CT molecular complexity index is 4920. The first-order valence-corrected chi connectivity index (χ1v) is 46.3. The minimum atomic E-state index is -0.0645. The fourth-order valence-electron chi connectivity index (χ4n) is 25.2. The van der Waals surface area contributed by atoms with Crippen molar-refractivity contribution in [3.8, 4) is 11.4 Å². The van der Waals surface area contributed by atoms with Gasteiger partial charge in [-0.25, -0.2) is 9.36 Å². The van der Waals surface area contributed by atoms with Gasteiger partial charge in [-0.2, -0.15) is 15.3 Å².